The molecule has 2 aromatic rings. The minimum atomic E-state index is 0.763. The fourth-order valence-electron chi connectivity index (χ4n) is 1.86. The fraction of sp³-hybridized carbons (Fsp3) is 0.133. The molecule has 0 spiro atoms. The Morgan fingerprint density at radius 3 is 2.25 bits per heavy atom. The van der Waals surface area contributed by atoms with E-state index in [1.165, 1.54) is 9.79 Å². The molecule has 0 aromatic heterocycles. The molecule has 102 valence electrons. The molecule has 0 aliphatic carbocycles. The lowest BCUT2D eigenvalue weighted by molar-refractivity contribution is 0.959. The Morgan fingerprint density at radius 2 is 1.65 bits per heavy atom. The van der Waals surface area contributed by atoms with E-state index in [2.05, 4.69) is 39.9 Å². The molecule has 1 aliphatic heterocycles. The molecule has 0 saturated heterocycles. The van der Waals surface area contributed by atoms with Crippen molar-refractivity contribution in [3.63, 3.8) is 0 Å². The lowest BCUT2D eigenvalue weighted by Gasteiger charge is -2.07. The number of halogens is 1. The molecule has 3 nitrogen and oxygen atoms in total. The molecule has 0 bridgehead atoms. The number of anilines is 1. The highest BCUT2D eigenvalue weighted by Crippen LogP contribution is 2.29. The lowest BCUT2D eigenvalue weighted by atomic mass is 10.3. The number of nitrogens with one attached hydrogen (secondary N) is 2. The number of rotatable bonds is 3. The highest BCUT2D eigenvalue weighted by Gasteiger charge is 2.04. The molecule has 1 heterocycles. The maximum absolute atomic E-state index is 5.88. The van der Waals surface area contributed by atoms with E-state index in [0.717, 1.165) is 29.8 Å². The molecule has 1 aliphatic rings. The Morgan fingerprint density at radius 1 is 1.00 bits per heavy atom. The van der Waals surface area contributed by atoms with Crippen molar-refractivity contribution in [2.45, 2.75) is 9.79 Å². The Bertz CT molecular complexity index is 608. The first-order valence-corrected chi connectivity index (χ1v) is 7.58. The molecule has 2 N–H and O–H groups in total. The van der Waals surface area contributed by atoms with Crippen LogP contribution in [0.1, 0.15) is 0 Å². The molecule has 0 atom stereocenters. The highest BCUT2D eigenvalue weighted by atomic mass is 35.5. The molecule has 0 amide bonds. The van der Waals surface area contributed by atoms with E-state index in [1.54, 1.807) is 11.8 Å². The smallest absolute Gasteiger partial charge is 0.195 e. The Kier molecular flexibility index (Phi) is 4.14. The molecule has 0 unspecified atom stereocenters. The maximum atomic E-state index is 5.88. The van der Waals surface area contributed by atoms with Crippen molar-refractivity contribution >= 4 is 35.0 Å². The third-order valence-electron chi connectivity index (χ3n) is 2.84. The van der Waals surface area contributed by atoms with E-state index < -0.39 is 0 Å². The molecule has 3 rings (SSSR count). The average Bonchev–Trinajstić information content (AvgIpc) is 2.96. The standard InChI is InChI=1S/C15H14ClN3S/c16-11-1-5-13(6-2-11)20-14-7-3-12(4-8-14)19-15-17-9-10-18-15/h1-8H,9-10H2,(H2,17,18,19). The highest BCUT2D eigenvalue weighted by molar-refractivity contribution is 7.99. The van der Waals surface area contributed by atoms with E-state index in [0.29, 0.717) is 0 Å². The molecule has 20 heavy (non-hydrogen) atoms. The second kappa shape index (κ2) is 6.20. The predicted molar refractivity (Wildman–Crippen MR) is 85.9 cm³/mol. The van der Waals surface area contributed by atoms with Crippen LogP contribution in [0, 0.1) is 0 Å². The summed E-state index contributed by atoms with van der Waals surface area (Å²) in [7, 11) is 0. The topological polar surface area (TPSA) is 36.4 Å². The summed E-state index contributed by atoms with van der Waals surface area (Å²) in [5, 5.41) is 7.20. The summed E-state index contributed by atoms with van der Waals surface area (Å²) in [5.74, 6) is 0.850. The van der Waals surface area contributed by atoms with E-state index in [1.807, 2.05) is 24.3 Å². The number of hydrogen-bond acceptors (Lipinski definition) is 4. The van der Waals surface area contributed by atoms with Gasteiger partial charge in [0, 0.05) is 27.0 Å². The van der Waals surface area contributed by atoms with E-state index in [-0.39, 0.29) is 0 Å². The largest absolute Gasteiger partial charge is 0.354 e. The van der Waals surface area contributed by atoms with Gasteiger partial charge in [-0.3, -0.25) is 4.99 Å². The predicted octanol–water partition coefficient (Wildman–Crippen LogP) is 3.86. The Hall–Kier alpha value is -1.65. The van der Waals surface area contributed by atoms with Gasteiger partial charge < -0.3 is 10.6 Å². The van der Waals surface area contributed by atoms with Crippen LogP contribution >= 0.6 is 23.4 Å². The Labute approximate surface area is 127 Å². The van der Waals surface area contributed by atoms with Crippen molar-refractivity contribution in [1.82, 2.24) is 5.32 Å². The van der Waals surface area contributed by atoms with Crippen LogP contribution in [0.2, 0.25) is 5.02 Å². The van der Waals surface area contributed by atoms with Crippen LogP contribution in [0.15, 0.2) is 63.3 Å². The van der Waals surface area contributed by atoms with Crippen molar-refractivity contribution < 1.29 is 0 Å². The molecule has 0 saturated carbocycles. The average molecular weight is 304 g/mol. The van der Waals surface area contributed by atoms with Gasteiger partial charge in [-0.15, -0.1) is 0 Å². The van der Waals surface area contributed by atoms with Crippen LogP contribution in [0.3, 0.4) is 0 Å². The zero-order valence-corrected chi connectivity index (χ0v) is 12.3. The van der Waals surface area contributed by atoms with Crippen LogP contribution < -0.4 is 10.6 Å². The second-order valence-corrected chi connectivity index (χ2v) is 5.95. The second-order valence-electron chi connectivity index (χ2n) is 4.36. The minimum Gasteiger partial charge on any atom is -0.354 e. The number of nitrogens with zero attached hydrogens (tertiary/aromatic N) is 1. The lowest BCUT2D eigenvalue weighted by Crippen LogP contribution is -2.26. The molecule has 0 fully saturated rings. The zero-order chi connectivity index (χ0) is 13.8. The Balaban J connectivity index is 1.65. The molecule has 0 radical (unpaired) electrons. The van der Waals surface area contributed by atoms with Gasteiger partial charge in [0.05, 0.1) is 6.54 Å². The SMILES string of the molecule is Clc1ccc(Sc2ccc(NC3=NCCN3)cc2)cc1. The van der Waals surface area contributed by atoms with Crippen LogP contribution in [0.4, 0.5) is 5.69 Å². The minimum absolute atomic E-state index is 0.763. The first kappa shape index (κ1) is 13.3. The first-order valence-electron chi connectivity index (χ1n) is 6.38. The summed E-state index contributed by atoms with van der Waals surface area (Å²) >= 11 is 7.60. The monoisotopic (exact) mass is 303 g/mol. The van der Waals surface area contributed by atoms with E-state index >= 15 is 0 Å². The number of benzene rings is 2. The summed E-state index contributed by atoms with van der Waals surface area (Å²) < 4.78 is 0. The summed E-state index contributed by atoms with van der Waals surface area (Å²) in [6, 6.07) is 16.2. The number of hydrogen-bond donors (Lipinski definition) is 2. The van der Waals surface area contributed by atoms with Gasteiger partial charge in [-0.2, -0.15) is 0 Å². The van der Waals surface area contributed by atoms with Gasteiger partial charge in [-0.25, -0.2) is 0 Å². The molecular weight excluding hydrogens is 290 g/mol. The third-order valence-corrected chi connectivity index (χ3v) is 4.11. The van der Waals surface area contributed by atoms with Crippen LogP contribution in [-0.2, 0) is 0 Å². The normalized spacial score (nSPS) is 13.8. The van der Waals surface area contributed by atoms with Crippen LogP contribution in [-0.4, -0.2) is 19.0 Å². The summed E-state index contributed by atoms with van der Waals surface area (Å²) in [5.41, 5.74) is 1.04. The zero-order valence-electron chi connectivity index (χ0n) is 10.8. The first-order chi connectivity index (χ1) is 9.79. The van der Waals surface area contributed by atoms with Gasteiger partial charge in [-0.1, -0.05) is 23.4 Å². The van der Waals surface area contributed by atoms with Crippen molar-refractivity contribution in [2.75, 3.05) is 18.4 Å². The number of aliphatic imine (C=N–C) groups is 1. The van der Waals surface area contributed by atoms with Crippen molar-refractivity contribution in [1.29, 1.82) is 0 Å². The van der Waals surface area contributed by atoms with Crippen LogP contribution in [0.25, 0.3) is 0 Å². The van der Waals surface area contributed by atoms with E-state index in [4.69, 9.17) is 11.6 Å². The summed E-state index contributed by atoms with van der Waals surface area (Å²) in [4.78, 5) is 6.68. The summed E-state index contributed by atoms with van der Waals surface area (Å²) in [6.45, 7) is 1.75. The van der Waals surface area contributed by atoms with Gasteiger partial charge in [-0.05, 0) is 48.5 Å². The molecule has 5 heteroatoms. The molecule has 2 aromatic carbocycles. The van der Waals surface area contributed by atoms with Crippen molar-refractivity contribution in [3.05, 3.63) is 53.6 Å². The van der Waals surface area contributed by atoms with Gasteiger partial charge in [0.15, 0.2) is 5.96 Å². The fourth-order valence-corrected chi connectivity index (χ4v) is 2.81. The molecular formula is C15H14ClN3S. The third kappa shape index (κ3) is 3.46. The van der Waals surface area contributed by atoms with Gasteiger partial charge >= 0.3 is 0 Å². The van der Waals surface area contributed by atoms with E-state index in [9.17, 15) is 0 Å². The summed E-state index contributed by atoms with van der Waals surface area (Å²) in [6.07, 6.45) is 0. The van der Waals surface area contributed by atoms with Gasteiger partial charge in [0.2, 0.25) is 0 Å². The van der Waals surface area contributed by atoms with Gasteiger partial charge in [0.25, 0.3) is 0 Å². The van der Waals surface area contributed by atoms with Crippen LogP contribution in [0.5, 0.6) is 0 Å². The van der Waals surface area contributed by atoms with Crippen molar-refractivity contribution in [2.24, 2.45) is 4.99 Å². The maximum Gasteiger partial charge on any atom is 0.195 e. The van der Waals surface area contributed by atoms with Gasteiger partial charge in [0.1, 0.15) is 0 Å². The number of guanidine groups is 1. The van der Waals surface area contributed by atoms with Crippen molar-refractivity contribution in [3.8, 4) is 0 Å². The quantitative estimate of drug-likeness (QED) is 0.904.